The zero-order valence-electron chi connectivity index (χ0n) is 19.1. The molecular formula is C25H25BrClNO5S2. The Morgan fingerprint density at radius 2 is 2.00 bits per heavy atom. The van der Waals surface area contributed by atoms with Crippen LogP contribution in [0.4, 0.5) is 0 Å². The lowest BCUT2D eigenvalue weighted by Crippen LogP contribution is -2.29. The van der Waals surface area contributed by atoms with Crippen molar-refractivity contribution in [1.29, 1.82) is 0 Å². The van der Waals surface area contributed by atoms with Gasteiger partial charge in [-0.15, -0.1) is 0 Å². The van der Waals surface area contributed by atoms with Crippen LogP contribution in [0.15, 0.2) is 45.8 Å². The van der Waals surface area contributed by atoms with E-state index in [4.69, 9.17) is 38.4 Å². The average molecular weight is 599 g/mol. The maximum Gasteiger partial charge on any atom is 0.303 e. The molecule has 0 unspecified atom stereocenters. The van der Waals surface area contributed by atoms with E-state index in [0.717, 1.165) is 17.5 Å². The summed E-state index contributed by atoms with van der Waals surface area (Å²) in [6.45, 7) is 3.09. The summed E-state index contributed by atoms with van der Waals surface area (Å²) in [4.78, 5) is 25.7. The topological polar surface area (TPSA) is 76.1 Å². The zero-order chi connectivity index (χ0) is 25.4. The largest absolute Gasteiger partial charge is 0.490 e. The minimum atomic E-state index is -0.809. The Balaban J connectivity index is 1.72. The summed E-state index contributed by atoms with van der Waals surface area (Å²) in [7, 11) is 0. The molecule has 1 heterocycles. The van der Waals surface area contributed by atoms with Gasteiger partial charge >= 0.3 is 5.97 Å². The first kappa shape index (κ1) is 27.5. The number of hydrogen-bond donors (Lipinski definition) is 1. The van der Waals surface area contributed by atoms with Crippen molar-refractivity contribution in [2.75, 3.05) is 13.2 Å². The maximum atomic E-state index is 12.9. The fraction of sp³-hybridized carbons (Fsp3) is 0.320. The van der Waals surface area contributed by atoms with Crippen molar-refractivity contribution in [3.05, 3.63) is 61.9 Å². The second-order valence-corrected chi connectivity index (χ2v) is 10.6. The molecule has 10 heteroatoms. The molecule has 6 nitrogen and oxygen atoms in total. The number of carboxylic acids is 1. The molecule has 1 amide bonds. The molecule has 2 aromatic rings. The maximum absolute atomic E-state index is 12.9. The number of rotatable bonds is 12. The second-order valence-electron chi connectivity index (χ2n) is 7.68. The van der Waals surface area contributed by atoms with Crippen molar-refractivity contribution in [1.82, 2.24) is 4.90 Å². The van der Waals surface area contributed by atoms with Crippen LogP contribution in [0, 0.1) is 0 Å². The number of halogens is 2. The Morgan fingerprint density at radius 3 is 2.71 bits per heavy atom. The summed E-state index contributed by atoms with van der Waals surface area (Å²) in [5.41, 5.74) is 1.63. The Bertz CT molecular complexity index is 1140. The lowest BCUT2D eigenvalue weighted by Gasteiger charge is -2.15. The molecular weight excluding hydrogens is 574 g/mol. The Kier molecular flexibility index (Phi) is 10.5. The Hall–Kier alpha value is -2.07. The van der Waals surface area contributed by atoms with Gasteiger partial charge in [0.15, 0.2) is 11.5 Å². The molecule has 1 fully saturated rings. The molecule has 3 rings (SSSR count). The van der Waals surface area contributed by atoms with E-state index in [1.807, 2.05) is 43.3 Å². The highest BCUT2D eigenvalue weighted by atomic mass is 79.9. The fourth-order valence-corrected chi connectivity index (χ4v) is 5.48. The van der Waals surface area contributed by atoms with Crippen LogP contribution >= 0.6 is 51.5 Å². The van der Waals surface area contributed by atoms with E-state index < -0.39 is 5.97 Å². The molecule has 1 aliphatic rings. The number of hydrogen-bond acceptors (Lipinski definition) is 6. The number of carbonyl (C=O) groups is 2. The summed E-state index contributed by atoms with van der Waals surface area (Å²) < 4.78 is 13.0. The van der Waals surface area contributed by atoms with Gasteiger partial charge in [-0.2, -0.15) is 0 Å². The second kappa shape index (κ2) is 13.3. The van der Waals surface area contributed by atoms with Crippen molar-refractivity contribution in [2.24, 2.45) is 0 Å². The first-order valence-corrected chi connectivity index (χ1v) is 13.5. The predicted molar refractivity (Wildman–Crippen MR) is 147 cm³/mol. The summed E-state index contributed by atoms with van der Waals surface area (Å²) >= 11 is 16.5. The van der Waals surface area contributed by atoms with Crippen LogP contribution in [0.5, 0.6) is 11.5 Å². The zero-order valence-corrected chi connectivity index (χ0v) is 23.1. The molecule has 1 N–H and O–H groups in total. The number of aliphatic carboxylic acids is 1. The Morgan fingerprint density at radius 1 is 1.23 bits per heavy atom. The number of carbonyl (C=O) groups excluding carboxylic acids is 1. The third kappa shape index (κ3) is 7.70. The van der Waals surface area contributed by atoms with Crippen molar-refractivity contribution >= 4 is 73.8 Å². The van der Waals surface area contributed by atoms with Crippen LogP contribution in [0.3, 0.4) is 0 Å². The van der Waals surface area contributed by atoms with Gasteiger partial charge in [0.1, 0.15) is 10.9 Å². The van der Waals surface area contributed by atoms with E-state index in [-0.39, 0.29) is 18.9 Å². The number of nitrogens with zero attached hydrogens (tertiary/aromatic N) is 1. The lowest BCUT2D eigenvalue weighted by molar-refractivity contribution is -0.137. The molecule has 35 heavy (non-hydrogen) atoms. The number of carboxylic acid groups (broad SMARTS) is 1. The van der Waals surface area contributed by atoms with Gasteiger partial charge in [-0.25, -0.2) is 0 Å². The van der Waals surface area contributed by atoms with E-state index in [1.165, 1.54) is 11.8 Å². The van der Waals surface area contributed by atoms with Crippen LogP contribution in [0.1, 0.15) is 43.7 Å². The van der Waals surface area contributed by atoms with Gasteiger partial charge in [-0.1, -0.05) is 60.2 Å². The molecule has 0 saturated carbocycles. The molecule has 186 valence electrons. The quantitative estimate of drug-likeness (QED) is 0.161. The van der Waals surface area contributed by atoms with Crippen molar-refractivity contribution in [2.45, 2.75) is 39.2 Å². The number of unbranched alkanes of at least 4 members (excludes halogenated alkanes) is 2. The van der Waals surface area contributed by atoms with Gasteiger partial charge in [-0.3, -0.25) is 14.5 Å². The predicted octanol–water partition coefficient (Wildman–Crippen LogP) is 6.93. The molecule has 1 saturated heterocycles. The normalized spacial score (nSPS) is 14.6. The summed E-state index contributed by atoms with van der Waals surface area (Å²) in [5.74, 6) is 0.148. The molecule has 0 aromatic heterocycles. The summed E-state index contributed by atoms with van der Waals surface area (Å²) in [6.07, 6.45) is 3.93. The molecule has 0 radical (unpaired) electrons. The van der Waals surface area contributed by atoms with Crippen LogP contribution in [0.2, 0.25) is 5.02 Å². The highest BCUT2D eigenvalue weighted by Crippen LogP contribution is 2.40. The van der Waals surface area contributed by atoms with Crippen molar-refractivity contribution in [3.8, 4) is 11.5 Å². The minimum Gasteiger partial charge on any atom is -0.490 e. The molecule has 0 aliphatic carbocycles. The molecule has 0 bridgehead atoms. The minimum absolute atomic E-state index is 0.132. The van der Waals surface area contributed by atoms with Crippen molar-refractivity contribution < 1.29 is 24.2 Å². The van der Waals surface area contributed by atoms with E-state index >= 15 is 0 Å². The smallest absolute Gasteiger partial charge is 0.303 e. The van der Waals surface area contributed by atoms with E-state index in [2.05, 4.69) is 15.9 Å². The van der Waals surface area contributed by atoms with E-state index in [1.54, 1.807) is 11.0 Å². The van der Waals surface area contributed by atoms with Crippen LogP contribution < -0.4 is 9.47 Å². The number of thiocarbonyl (C=S) groups is 1. The monoisotopic (exact) mass is 597 g/mol. The summed E-state index contributed by atoms with van der Waals surface area (Å²) in [6, 6.07) is 11.2. The van der Waals surface area contributed by atoms with Crippen molar-refractivity contribution in [3.63, 3.8) is 0 Å². The molecule has 0 spiro atoms. The van der Waals surface area contributed by atoms with Gasteiger partial charge in [0.2, 0.25) is 0 Å². The first-order valence-electron chi connectivity index (χ1n) is 11.1. The molecule has 2 aromatic carbocycles. The lowest BCUT2D eigenvalue weighted by atomic mass is 10.1. The van der Waals surface area contributed by atoms with E-state index in [9.17, 15) is 9.59 Å². The SMILES string of the molecule is CCOc1cc(/C=C2\SC(=S)N(CCCCCC(=O)O)C2=O)cc(Br)c1OCc1ccccc1Cl. The summed E-state index contributed by atoms with van der Waals surface area (Å²) in [5, 5.41) is 9.37. The van der Waals surface area contributed by atoms with Gasteiger partial charge in [0, 0.05) is 23.6 Å². The number of benzene rings is 2. The standard InChI is InChI=1S/C25H25BrClNO5S2/c1-2-32-20-13-16(12-18(26)23(20)33-15-17-8-5-6-9-19(17)27)14-21-24(31)28(25(34)35-21)11-7-3-4-10-22(29)30/h5-6,8-9,12-14H,2-4,7,10-11,15H2,1H3,(H,29,30)/b21-14-. The third-order valence-corrected chi connectivity index (χ3v) is 7.44. The average Bonchev–Trinajstić information content (AvgIpc) is 3.06. The molecule has 0 atom stereocenters. The van der Waals surface area contributed by atoms with Crippen LogP contribution in [-0.4, -0.2) is 39.4 Å². The highest BCUT2D eigenvalue weighted by molar-refractivity contribution is 9.10. The molecule has 1 aliphatic heterocycles. The van der Waals surface area contributed by atoms with Crippen LogP contribution in [0.25, 0.3) is 6.08 Å². The highest BCUT2D eigenvalue weighted by Gasteiger charge is 2.31. The van der Waals surface area contributed by atoms with E-state index in [0.29, 0.717) is 56.2 Å². The van der Waals surface area contributed by atoms with Gasteiger partial charge in [0.25, 0.3) is 5.91 Å². The van der Waals surface area contributed by atoms with Gasteiger partial charge < -0.3 is 14.6 Å². The number of amides is 1. The number of ether oxygens (including phenoxy) is 2. The first-order chi connectivity index (χ1) is 16.8. The van der Waals surface area contributed by atoms with Gasteiger partial charge in [-0.05, 0) is 65.5 Å². The Labute approximate surface area is 227 Å². The third-order valence-electron chi connectivity index (χ3n) is 5.11. The van der Waals surface area contributed by atoms with Gasteiger partial charge in [0.05, 0.1) is 16.0 Å². The number of thioether (sulfide) groups is 1. The fourth-order valence-electron chi connectivity index (χ4n) is 3.41. The van der Waals surface area contributed by atoms with Crippen LogP contribution in [-0.2, 0) is 16.2 Å².